The zero-order valence-electron chi connectivity index (χ0n) is 8.86. The molecule has 15 heavy (non-hydrogen) atoms. The van der Waals surface area contributed by atoms with Gasteiger partial charge in [0.25, 0.3) is 0 Å². The first kappa shape index (κ1) is 10.4. The van der Waals surface area contributed by atoms with Crippen LogP contribution >= 0.6 is 11.3 Å². The zero-order valence-corrected chi connectivity index (χ0v) is 9.68. The molecule has 78 valence electrons. The van der Waals surface area contributed by atoms with Gasteiger partial charge in [-0.05, 0) is 42.6 Å². The minimum atomic E-state index is 1.04. The second kappa shape index (κ2) is 5.10. The van der Waals surface area contributed by atoms with E-state index in [-0.39, 0.29) is 0 Å². The number of hydrogen-bond donors (Lipinski definition) is 1. The summed E-state index contributed by atoms with van der Waals surface area (Å²) < 4.78 is 0. The molecule has 1 aromatic heterocycles. The van der Waals surface area contributed by atoms with Crippen LogP contribution in [0.2, 0.25) is 0 Å². The summed E-state index contributed by atoms with van der Waals surface area (Å²) in [6, 6.07) is 12.8. The van der Waals surface area contributed by atoms with E-state index in [1.807, 2.05) is 18.4 Å². The molecule has 0 spiro atoms. The molecule has 0 radical (unpaired) electrons. The average Bonchev–Trinajstić information content (AvgIpc) is 2.75. The fourth-order valence-electron chi connectivity index (χ4n) is 1.64. The Hall–Kier alpha value is -1.12. The van der Waals surface area contributed by atoms with Crippen LogP contribution in [-0.2, 0) is 6.42 Å². The SMILES string of the molecule is CNCCc1ccsc1-c1ccccc1. The fourth-order valence-corrected chi connectivity index (χ4v) is 2.60. The summed E-state index contributed by atoms with van der Waals surface area (Å²) in [6.45, 7) is 1.04. The summed E-state index contributed by atoms with van der Waals surface area (Å²) in [5, 5.41) is 5.36. The van der Waals surface area contributed by atoms with Gasteiger partial charge in [0, 0.05) is 4.88 Å². The number of thiophene rings is 1. The smallest absolute Gasteiger partial charge is 0.0375 e. The summed E-state index contributed by atoms with van der Waals surface area (Å²) >= 11 is 1.83. The normalized spacial score (nSPS) is 10.5. The molecular formula is C13H15NS. The van der Waals surface area contributed by atoms with E-state index in [0.717, 1.165) is 13.0 Å². The van der Waals surface area contributed by atoms with E-state index in [9.17, 15) is 0 Å². The maximum Gasteiger partial charge on any atom is 0.0375 e. The highest BCUT2D eigenvalue weighted by Crippen LogP contribution is 2.29. The molecule has 2 aromatic rings. The van der Waals surface area contributed by atoms with Gasteiger partial charge in [-0.25, -0.2) is 0 Å². The molecule has 1 aromatic carbocycles. The van der Waals surface area contributed by atoms with Crippen LogP contribution < -0.4 is 5.32 Å². The summed E-state index contributed by atoms with van der Waals surface area (Å²) in [4.78, 5) is 1.41. The summed E-state index contributed by atoms with van der Waals surface area (Å²) in [7, 11) is 1.99. The van der Waals surface area contributed by atoms with Gasteiger partial charge in [-0.3, -0.25) is 0 Å². The molecule has 0 saturated carbocycles. The number of nitrogens with one attached hydrogen (secondary N) is 1. The highest BCUT2D eigenvalue weighted by molar-refractivity contribution is 7.13. The van der Waals surface area contributed by atoms with Crippen molar-refractivity contribution in [1.82, 2.24) is 5.32 Å². The van der Waals surface area contributed by atoms with E-state index in [0.29, 0.717) is 0 Å². The lowest BCUT2D eigenvalue weighted by atomic mass is 10.1. The number of likely N-dealkylation sites (N-methyl/N-ethyl adjacent to an activating group) is 1. The molecular weight excluding hydrogens is 202 g/mol. The Morgan fingerprint density at radius 1 is 1.13 bits per heavy atom. The minimum absolute atomic E-state index is 1.04. The van der Waals surface area contributed by atoms with Crippen molar-refractivity contribution < 1.29 is 0 Å². The van der Waals surface area contributed by atoms with Crippen LogP contribution in [0.25, 0.3) is 10.4 Å². The van der Waals surface area contributed by atoms with Gasteiger partial charge in [0.15, 0.2) is 0 Å². The number of rotatable bonds is 4. The lowest BCUT2D eigenvalue weighted by Crippen LogP contribution is -2.10. The molecule has 0 aliphatic rings. The van der Waals surface area contributed by atoms with E-state index in [1.54, 1.807) is 0 Å². The van der Waals surface area contributed by atoms with Gasteiger partial charge in [0.2, 0.25) is 0 Å². The third kappa shape index (κ3) is 2.46. The first-order valence-corrected chi connectivity index (χ1v) is 6.06. The van der Waals surface area contributed by atoms with Crippen molar-refractivity contribution in [3.05, 3.63) is 47.3 Å². The Morgan fingerprint density at radius 3 is 2.67 bits per heavy atom. The predicted octanol–water partition coefficient (Wildman–Crippen LogP) is 3.18. The third-order valence-electron chi connectivity index (χ3n) is 2.43. The molecule has 1 heterocycles. The Balaban J connectivity index is 2.25. The second-order valence-corrected chi connectivity index (χ2v) is 4.41. The molecule has 1 nitrogen and oxygen atoms in total. The largest absolute Gasteiger partial charge is 0.319 e. The molecule has 0 saturated heterocycles. The standard InChI is InChI=1S/C13H15NS/c1-14-9-7-12-8-10-15-13(12)11-5-3-2-4-6-11/h2-6,8,10,14H,7,9H2,1H3. The first-order valence-electron chi connectivity index (χ1n) is 5.18. The van der Waals surface area contributed by atoms with E-state index in [4.69, 9.17) is 0 Å². The molecule has 0 fully saturated rings. The van der Waals surface area contributed by atoms with Crippen LogP contribution in [0.1, 0.15) is 5.56 Å². The van der Waals surface area contributed by atoms with Crippen molar-refractivity contribution in [1.29, 1.82) is 0 Å². The maximum absolute atomic E-state index is 3.19. The summed E-state index contributed by atoms with van der Waals surface area (Å²) in [5.74, 6) is 0. The Bertz CT molecular complexity index is 405. The number of hydrogen-bond acceptors (Lipinski definition) is 2. The highest BCUT2D eigenvalue weighted by Gasteiger charge is 2.05. The third-order valence-corrected chi connectivity index (χ3v) is 3.43. The molecule has 0 amide bonds. The van der Waals surface area contributed by atoms with Crippen molar-refractivity contribution in [3.8, 4) is 10.4 Å². The van der Waals surface area contributed by atoms with Crippen LogP contribution in [-0.4, -0.2) is 13.6 Å². The second-order valence-electron chi connectivity index (χ2n) is 3.49. The summed E-state index contributed by atoms with van der Waals surface area (Å²) in [5.41, 5.74) is 2.78. The van der Waals surface area contributed by atoms with Crippen LogP contribution in [0.3, 0.4) is 0 Å². The van der Waals surface area contributed by atoms with Gasteiger partial charge < -0.3 is 5.32 Å². The van der Waals surface area contributed by atoms with Gasteiger partial charge in [0.05, 0.1) is 0 Å². The topological polar surface area (TPSA) is 12.0 Å². The molecule has 2 rings (SSSR count). The van der Waals surface area contributed by atoms with E-state index < -0.39 is 0 Å². The fraction of sp³-hybridized carbons (Fsp3) is 0.231. The van der Waals surface area contributed by atoms with Crippen molar-refractivity contribution in [2.75, 3.05) is 13.6 Å². The van der Waals surface area contributed by atoms with E-state index in [1.165, 1.54) is 16.0 Å². The van der Waals surface area contributed by atoms with Crippen LogP contribution in [0.4, 0.5) is 0 Å². The van der Waals surface area contributed by atoms with Gasteiger partial charge in [-0.15, -0.1) is 11.3 Å². The van der Waals surface area contributed by atoms with Gasteiger partial charge in [-0.2, -0.15) is 0 Å². The van der Waals surface area contributed by atoms with E-state index >= 15 is 0 Å². The quantitative estimate of drug-likeness (QED) is 0.829. The molecule has 2 heteroatoms. The van der Waals surface area contributed by atoms with E-state index in [2.05, 4.69) is 47.1 Å². The Kier molecular flexibility index (Phi) is 3.54. The lowest BCUT2D eigenvalue weighted by Gasteiger charge is -2.03. The monoisotopic (exact) mass is 217 g/mol. The van der Waals surface area contributed by atoms with Crippen molar-refractivity contribution in [3.63, 3.8) is 0 Å². The molecule has 0 aliphatic heterocycles. The molecule has 0 bridgehead atoms. The van der Waals surface area contributed by atoms with Crippen molar-refractivity contribution in [2.45, 2.75) is 6.42 Å². The van der Waals surface area contributed by atoms with Crippen molar-refractivity contribution in [2.24, 2.45) is 0 Å². The lowest BCUT2D eigenvalue weighted by molar-refractivity contribution is 0.794. The molecule has 0 atom stereocenters. The number of benzene rings is 1. The van der Waals surface area contributed by atoms with Gasteiger partial charge in [-0.1, -0.05) is 30.3 Å². The molecule has 1 N–H and O–H groups in total. The predicted molar refractivity (Wildman–Crippen MR) is 67.4 cm³/mol. The average molecular weight is 217 g/mol. The van der Waals surface area contributed by atoms with Gasteiger partial charge in [0.1, 0.15) is 0 Å². The van der Waals surface area contributed by atoms with Crippen molar-refractivity contribution >= 4 is 11.3 Å². The van der Waals surface area contributed by atoms with Crippen LogP contribution in [0, 0.1) is 0 Å². The highest BCUT2D eigenvalue weighted by atomic mass is 32.1. The van der Waals surface area contributed by atoms with Crippen LogP contribution in [0.15, 0.2) is 41.8 Å². The van der Waals surface area contributed by atoms with Gasteiger partial charge >= 0.3 is 0 Å². The van der Waals surface area contributed by atoms with Crippen LogP contribution in [0.5, 0.6) is 0 Å². The Labute approximate surface area is 94.8 Å². The summed E-state index contributed by atoms with van der Waals surface area (Å²) in [6.07, 6.45) is 1.10. The Morgan fingerprint density at radius 2 is 1.93 bits per heavy atom. The maximum atomic E-state index is 3.19. The molecule has 0 aliphatic carbocycles. The molecule has 0 unspecified atom stereocenters. The minimum Gasteiger partial charge on any atom is -0.319 e. The first-order chi connectivity index (χ1) is 7.42. The zero-order chi connectivity index (χ0) is 10.5.